The molecule has 0 saturated heterocycles. The molecular formula is C7H13N3. The zero-order valence-electron chi connectivity index (χ0n) is 6.39. The van der Waals surface area contributed by atoms with Crippen molar-refractivity contribution < 1.29 is 0 Å². The lowest BCUT2D eigenvalue weighted by atomic mass is 10.1. The first kappa shape index (κ1) is 7.28. The number of rotatable bonds is 3. The number of hydrogen-bond acceptors (Lipinski definition) is 2. The molecule has 0 aliphatic carbocycles. The van der Waals surface area contributed by atoms with Gasteiger partial charge in [0.1, 0.15) is 0 Å². The van der Waals surface area contributed by atoms with Gasteiger partial charge < -0.3 is 5.32 Å². The highest BCUT2D eigenvalue weighted by Gasteiger charge is 2.05. The molecule has 56 valence electrons. The molecule has 0 aliphatic rings. The molecule has 3 nitrogen and oxygen atoms in total. The summed E-state index contributed by atoms with van der Waals surface area (Å²) < 4.78 is 0. The van der Waals surface area contributed by atoms with Gasteiger partial charge in [0.2, 0.25) is 0 Å². The molecule has 1 rings (SSSR count). The second kappa shape index (κ2) is 3.37. The van der Waals surface area contributed by atoms with Gasteiger partial charge >= 0.3 is 0 Å². The number of nitrogens with one attached hydrogen (secondary N) is 2. The zero-order valence-corrected chi connectivity index (χ0v) is 6.39. The Morgan fingerprint density at radius 2 is 2.60 bits per heavy atom. The molecule has 0 amide bonds. The molecule has 3 heteroatoms. The minimum Gasteiger partial charge on any atom is -0.313 e. The highest BCUT2D eigenvalue weighted by atomic mass is 15.1. The van der Waals surface area contributed by atoms with Gasteiger partial charge in [-0.05, 0) is 13.5 Å². The second-order valence-electron chi connectivity index (χ2n) is 2.28. The predicted molar refractivity (Wildman–Crippen MR) is 40.7 cm³/mol. The molecule has 0 saturated carbocycles. The van der Waals surface area contributed by atoms with E-state index in [2.05, 4.69) is 22.4 Å². The van der Waals surface area contributed by atoms with Gasteiger partial charge in [-0.2, -0.15) is 5.10 Å². The highest BCUT2D eigenvalue weighted by molar-refractivity contribution is 5.08. The summed E-state index contributed by atoms with van der Waals surface area (Å²) in [6, 6.07) is 0.443. The zero-order chi connectivity index (χ0) is 7.40. The van der Waals surface area contributed by atoms with Crippen LogP contribution in [0.4, 0.5) is 0 Å². The van der Waals surface area contributed by atoms with Crippen molar-refractivity contribution in [3.63, 3.8) is 0 Å². The van der Waals surface area contributed by atoms with Gasteiger partial charge in [0.15, 0.2) is 0 Å². The summed E-state index contributed by atoms with van der Waals surface area (Å²) in [6.07, 6.45) is 4.87. The molecule has 0 bridgehead atoms. The fourth-order valence-electron chi connectivity index (χ4n) is 1.06. The van der Waals surface area contributed by atoms with E-state index in [1.165, 1.54) is 5.56 Å². The van der Waals surface area contributed by atoms with Crippen molar-refractivity contribution in [1.29, 1.82) is 0 Å². The van der Waals surface area contributed by atoms with Crippen LogP contribution in [0.25, 0.3) is 0 Å². The first-order chi connectivity index (χ1) is 4.88. The van der Waals surface area contributed by atoms with Crippen LogP contribution in [0.2, 0.25) is 0 Å². The molecule has 0 fully saturated rings. The monoisotopic (exact) mass is 139 g/mol. The summed E-state index contributed by atoms with van der Waals surface area (Å²) in [5.41, 5.74) is 1.23. The maximum atomic E-state index is 3.87. The maximum Gasteiger partial charge on any atom is 0.0535 e. The van der Waals surface area contributed by atoms with Crippen LogP contribution in [-0.2, 0) is 0 Å². The third-order valence-electron chi connectivity index (χ3n) is 1.68. The number of aromatic nitrogens is 2. The van der Waals surface area contributed by atoms with Crippen LogP contribution >= 0.6 is 0 Å². The standard InChI is InChI=1S/C7H13N3/c1-3-7(8-2)6-4-9-10-5-6/h4-5,7-8H,3H2,1-2H3,(H,9,10). The summed E-state index contributed by atoms with van der Waals surface area (Å²) >= 11 is 0. The van der Waals surface area contributed by atoms with Crippen molar-refractivity contribution in [2.75, 3.05) is 7.05 Å². The molecule has 1 atom stereocenters. The van der Waals surface area contributed by atoms with Gasteiger partial charge in [-0.25, -0.2) is 0 Å². The Bertz CT molecular complexity index is 165. The Hall–Kier alpha value is -0.830. The van der Waals surface area contributed by atoms with Crippen molar-refractivity contribution >= 4 is 0 Å². The van der Waals surface area contributed by atoms with Gasteiger partial charge in [-0.1, -0.05) is 6.92 Å². The fraction of sp³-hybridized carbons (Fsp3) is 0.571. The Kier molecular flexibility index (Phi) is 2.45. The first-order valence-electron chi connectivity index (χ1n) is 3.54. The Labute approximate surface area is 60.8 Å². The summed E-state index contributed by atoms with van der Waals surface area (Å²) in [4.78, 5) is 0. The normalized spacial score (nSPS) is 13.4. The van der Waals surface area contributed by atoms with Gasteiger partial charge in [0, 0.05) is 17.8 Å². The SMILES string of the molecule is CCC(NC)c1cn[nH]c1. The quantitative estimate of drug-likeness (QED) is 0.658. The summed E-state index contributed by atoms with van der Waals surface area (Å²) in [6.45, 7) is 2.15. The third-order valence-corrected chi connectivity index (χ3v) is 1.68. The average Bonchev–Trinajstić information content (AvgIpc) is 2.43. The number of aromatic amines is 1. The Balaban J connectivity index is 2.64. The molecule has 10 heavy (non-hydrogen) atoms. The molecule has 0 aliphatic heterocycles. The lowest BCUT2D eigenvalue weighted by Gasteiger charge is -2.09. The number of hydrogen-bond donors (Lipinski definition) is 2. The van der Waals surface area contributed by atoms with Crippen molar-refractivity contribution in [2.45, 2.75) is 19.4 Å². The van der Waals surface area contributed by atoms with Crippen molar-refractivity contribution in [1.82, 2.24) is 15.5 Å². The molecule has 1 unspecified atom stereocenters. The Morgan fingerprint density at radius 3 is 3.00 bits per heavy atom. The van der Waals surface area contributed by atoms with Crippen LogP contribution in [0, 0.1) is 0 Å². The van der Waals surface area contributed by atoms with E-state index in [0.29, 0.717) is 6.04 Å². The van der Waals surface area contributed by atoms with Crippen LogP contribution in [0.15, 0.2) is 12.4 Å². The number of H-pyrrole nitrogens is 1. The van der Waals surface area contributed by atoms with Gasteiger partial charge in [-0.3, -0.25) is 5.10 Å². The maximum absolute atomic E-state index is 3.87. The van der Waals surface area contributed by atoms with Gasteiger partial charge in [0.05, 0.1) is 6.20 Å². The van der Waals surface area contributed by atoms with Crippen LogP contribution in [0.5, 0.6) is 0 Å². The molecular weight excluding hydrogens is 126 g/mol. The van der Waals surface area contributed by atoms with E-state index >= 15 is 0 Å². The summed E-state index contributed by atoms with van der Waals surface area (Å²) in [5, 5.41) is 9.86. The molecule has 1 heterocycles. The molecule has 2 N–H and O–H groups in total. The van der Waals surface area contributed by atoms with Gasteiger partial charge in [-0.15, -0.1) is 0 Å². The van der Waals surface area contributed by atoms with Crippen molar-refractivity contribution in [2.24, 2.45) is 0 Å². The average molecular weight is 139 g/mol. The van der Waals surface area contributed by atoms with Crippen molar-refractivity contribution in [3.8, 4) is 0 Å². The van der Waals surface area contributed by atoms with E-state index in [1.54, 1.807) is 0 Å². The number of nitrogens with zero attached hydrogens (tertiary/aromatic N) is 1. The van der Waals surface area contributed by atoms with E-state index in [4.69, 9.17) is 0 Å². The van der Waals surface area contributed by atoms with Crippen molar-refractivity contribution in [3.05, 3.63) is 18.0 Å². The summed E-state index contributed by atoms with van der Waals surface area (Å²) in [5.74, 6) is 0. The largest absolute Gasteiger partial charge is 0.313 e. The molecule has 1 aromatic heterocycles. The Morgan fingerprint density at radius 1 is 1.80 bits per heavy atom. The second-order valence-corrected chi connectivity index (χ2v) is 2.28. The lowest BCUT2D eigenvalue weighted by Crippen LogP contribution is -2.14. The first-order valence-corrected chi connectivity index (χ1v) is 3.54. The minimum absolute atomic E-state index is 0.443. The van der Waals surface area contributed by atoms with Crippen LogP contribution in [-0.4, -0.2) is 17.2 Å². The molecule has 0 spiro atoms. The smallest absolute Gasteiger partial charge is 0.0535 e. The van der Waals surface area contributed by atoms with Gasteiger partial charge in [0.25, 0.3) is 0 Å². The highest BCUT2D eigenvalue weighted by Crippen LogP contribution is 2.12. The van der Waals surface area contributed by atoms with Crippen LogP contribution < -0.4 is 5.32 Å². The van der Waals surface area contributed by atoms with E-state index < -0.39 is 0 Å². The summed E-state index contributed by atoms with van der Waals surface area (Å²) in [7, 11) is 1.96. The third kappa shape index (κ3) is 1.36. The van der Waals surface area contributed by atoms with E-state index in [-0.39, 0.29) is 0 Å². The van der Waals surface area contributed by atoms with Crippen LogP contribution in [0.1, 0.15) is 24.9 Å². The molecule has 1 aromatic rings. The van der Waals surface area contributed by atoms with E-state index in [1.807, 2.05) is 19.4 Å². The molecule has 0 aromatic carbocycles. The predicted octanol–water partition coefficient (Wildman–Crippen LogP) is 1.08. The van der Waals surface area contributed by atoms with E-state index in [9.17, 15) is 0 Å². The lowest BCUT2D eigenvalue weighted by molar-refractivity contribution is 0.577. The fourth-order valence-corrected chi connectivity index (χ4v) is 1.06. The topological polar surface area (TPSA) is 40.7 Å². The van der Waals surface area contributed by atoms with Crippen LogP contribution in [0.3, 0.4) is 0 Å². The minimum atomic E-state index is 0.443. The molecule has 0 radical (unpaired) electrons. The van der Waals surface area contributed by atoms with E-state index in [0.717, 1.165) is 6.42 Å².